The van der Waals surface area contributed by atoms with E-state index in [-0.39, 0.29) is 6.03 Å². The number of amides is 2. The highest BCUT2D eigenvalue weighted by molar-refractivity contribution is 5.92. The van der Waals surface area contributed by atoms with Crippen molar-refractivity contribution in [2.45, 2.75) is 13.5 Å². The van der Waals surface area contributed by atoms with E-state index in [1.165, 1.54) is 11.1 Å². The van der Waals surface area contributed by atoms with Crippen LogP contribution >= 0.6 is 0 Å². The van der Waals surface area contributed by atoms with Gasteiger partial charge in [0.05, 0.1) is 19.8 Å². The second-order valence-corrected chi connectivity index (χ2v) is 7.78. The van der Waals surface area contributed by atoms with Gasteiger partial charge in [0.1, 0.15) is 12.4 Å². The van der Waals surface area contributed by atoms with E-state index in [1.54, 1.807) is 0 Å². The molecule has 0 bridgehead atoms. The molecular formula is C24H30N4O3. The quantitative estimate of drug-likeness (QED) is 0.546. The third-order valence-electron chi connectivity index (χ3n) is 5.47. The Morgan fingerprint density at radius 3 is 2.68 bits per heavy atom. The van der Waals surface area contributed by atoms with Crippen molar-refractivity contribution in [1.29, 1.82) is 0 Å². The van der Waals surface area contributed by atoms with Crippen LogP contribution in [0.5, 0.6) is 5.75 Å². The van der Waals surface area contributed by atoms with Gasteiger partial charge in [-0.15, -0.1) is 0 Å². The van der Waals surface area contributed by atoms with E-state index in [2.05, 4.69) is 38.4 Å². The van der Waals surface area contributed by atoms with Crippen LogP contribution < -0.4 is 15.4 Å². The topological polar surface area (TPSA) is 67.8 Å². The molecule has 164 valence electrons. The van der Waals surface area contributed by atoms with Crippen molar-refractivity contribution < 1.29 is 14.3 Å². The second-order valence-electron chi connectivity index (χ2n) is 7.78. The first-order valence-electron chi connectivity index (χ1n) is 10.8. The molecule has 2 aromatic carbocycles. The number of hydrogen-bond acceptors (Lipinski definition) is 4. The Morgan fingerprint density at radius 2 is 1.87 bits per heavy atom. The molecule has 1 saturated heterocycles. The number of fused-ring (bicyclic) bond motifs is 1. The van der Waals surface area contributed by atoms with Gasteiger partial charge in [0.15, 0.2) is 0 Å². The molecule has 4 rings (SSSR count). The number of hydrogen-bond donors (Lipinski definition) is 2. The lowest BCUT2D eigenvalue weighted by molar-refractivity contribution is 0.0365. The van der Waals surface area contributed by atoms with Crippen LogP contribution in [-0.2, 0) is 11.3 Å². The third-order valence-corrected chi connectivity index (χ3v) is 5.47. The van der Waals surface area contributed by atoms with E-state index in [4.69, 9.17) is 9.47 Å². The maximum absolute atomic E-state index is 12.2. The predicted molar refractivity (Wildman–Crippen MR) is 123 cm³/mol. The molecule has 2 N–H and O–H groups in total. The molecule has 1 aliphatic heterocycles. The number of morpholine rings is 1. The highest BCUT2D eigenvalue weighted by Gasteiger charge is 2.11. The molecular weight excluding hydrogens is 392 g/mol. The molecule has 3 aromatic rings. The number of aryl methyl sites for hydroxylation is 1. The van der Waals surface area contributed by atoms with Gasteiger partial charge in [-0.25, -0.2) is 4.79 Å². The number of aromatic nitrogens is 1. The molecule has 1 aliphatic rings. The summed E-state index contributed by atoms with van der Waals surface area (Å²) in [4.78, 5) is 14.6. The van der Waals surface area contributed by atoms with Gasteiger partial charge in [-0.1, -0.05) is 17.7 Å². The first-order valence-corrected chi connectivity index (χ1v) is 10.8. The number of urea groups is 1. The molecule has 0 radical (unpaired) electrons. The Morgan fingerprint density at radius 1 is 1.06 bits per heavy atom. The lowest BCUT2D eigenvalue weighted by Crippen LogP contribution is -2.38. The van der Waals surface area contributed by atoms with Crippen LogP contribution in [0.15, 0.2) is 54.7 Å². The van der Waals surface area contributed by atoms with Crippen LogP contribution in [0.3, 0.4) is 0 Å². The fourth-order valence-electron chi connectivity index (χ4n) is 3.69. The molecule has 1 fully saturated rings. The van der Waals surface area contributed by atoms with E-state index >= 15 is 0 Å². The molecule has 31 heavy (non-hydrogen) atoms. The molecule has 2 amide bonds. The number of carbonyl (C=O) groups excluding carboxylic acids is 1. The lowest BCUT2D eigenvalue weighted by atomic mass is 10.2. The smallest absolute Gasteiger partial charge is 0.319 e. The van der Waals surface area contributed by atoms with E-state index < -0.39 is 0 Å². The number of carbonyl (C=O) groups is 1. The summed E-state index contributed by atoms with van der Waals surface area (Å²) in [6.45, 7) is 8.48. The van der Waals surface area contributed by atoms with Crippen LogP contribution in [0, 0.1) is 6.92 Å². The molecule has 7 heteroatoms. The zero-order valence-electron chi connectivity index (χ0n) is 18.0. The van der Waals surface area contributed by atoms with E-state index in [0.29, 0.717) is 13.2 Å². The van der Waals surface area contributed by atoms with Crippen LogP contribution in [0.2, 0.25) is 0 Å². The summed E-state index contributed by atoms with van der Waals surface area (Å²) < 4.78 is 13.3. The normalized spacial score (nSPS) is 14.5. The van der Waals surface area contributed by atoms with Crippen molar-refractivity contribution in [3.8, 4) is 5.75 Å². The average Bonchev–Trinajstić information content (AvgIpc) is 3.19. The number of rotatable bonds is 8. The highest BCUT2D eigenvalue weighted by atomic mass is 16.5. The fourth-order valence-corrected chi connectivity index (χ4v) is 3.69. The third kappa shape index (κ3) is 5.99. The molecule has 7 nitrogen and oxygen atoms in total. The average molecular weight is 423 g/mol. The Bertz CT molecular complexity index is 994. The molecule has 0 aliphatic carbocycles. The fraction of sp³-hybridized carbons (Fsp3) is 0.375. The molecule has 0 spiro atoms. The molecule has 0 atom stereocenters. The summed E-state index contributed by atoms with van der Waals surface area (Å²) in [5, 5.41) is 6.84. The lowest BCUT2D eigenvalue weighted by Gasteiger charge is -2.26. The predicted octanol–water partition coefficient (Wildman–Crippen LogP) is 3.48. The van der Waals surface area contributed by atoms with Gasteiger partial charge in [0.2, 0.25) is 0 Å². The maximum atomic E-state index is 12.2. The van der Waals surface area contributed by atoms with Crippen LogP contribution in [0.25, 0.3) is 10.9 Å². The van der Waals surface area contributed by atoms with Gasteiger partial charge in [0, 0.05) is 49.0 Å². The first-order chi connectivity index (χ1) is 15.2. The van der Waals surface area contributed by atoms with Gasteiger partial charge in [-0.2, -0.15) is 0 Å². The van der Waals surface area contributed by atoms with Gasteiger partial charge >= 0.3 is 6.03 Å². The van der Waals surface area contributed by atoms with E-state index in [9.17, 15) is 4.79 Å². The van der Waals surface area contributed by atoms with Crippen molar-refractivity contribution in [2.24, 2.45) is 0 Å². The van der Waals surface area contributed by atoms with Gasteiger partial charge in [0.25, 0.3) is 0 Å². The van der Waals surface area contributed by atoms with Crippen LogP contribution in [0.4, 0.5) is 10.5 Å². The summed E-state index contributed by atoms with van der Waals surface area (Å²) in [6, 6.07) is 15.7. The largest absolute Gasteiger partial charge is 0.492 e. The summed E-state index contributed by atoms with van der Waals surface area (Å²) in [6.07, 6.45) is 2.11. The Balaban J connectivity index is 1.23. The molecule has 0 unspecified atom stereocenters. The summed E-state index contributed by atoms with van der Waals surface area (Å²) in [7, 11) is 0. The van der Waals surface area contributed by atoms with Gasteiger partial charge in [-0.05, 0) is 43.3 Å². The molecule has 1 aromatic heterocycles. The highest BCUT2D eigenvalue weighted by Crippen LogP contribution is 2.21. The Hall–Kier alpha value is -3.03. The number of nitrogens with zero attached hydrogens (tertiary/aromatic N) is 2. The zero-order valence-corrected chi connectivity index (χ0v) is 18.0. The SMILES string of the molecule is Cc1ccc(OCCNC(=O)Nc2ccc3c(ccn3CCN3CCOCC3)c2)cc1. The van der Waals surface area contributed by atoms with Gasteiger partial charge in [-0.3, -0.25) is 4.90 Å². The number of anilines is 1. The summed E-state index contributed by atoms with van der Waals surface area (Å²) >= 11 is 0. The standard InChI is InChI=1S/C24H30N4O3/c1-19-2-5-22(6-3-19)31-15-9-25-24(29)26-21-4-7-23-20(18-21)8-10-28(23)12-11-27-13-16-30-17-14-27/h2-8,10,18H,9,11-17H2,1H3,(H2,25,26,29). The van der Waals surface area contributed by atoms with E-state index in [0.717, 1.165) is 56.2 Å². The Kier molecular flexibility index (Phi) is 7.07. The van der Waals surface area contributed by atoms with E-state index in [1.807, 2.05) is 43.3 Å². The number of ether oxygens (including phenoxy) is 2. The second kappa shape index (κ2) is 10.3. The minimum atomic E-state index is -0.237. The van der Waals surface area contributed by atoms with Crippen LogP contribution in [-0.4, -0.2) is 61.5 Å². The number of benzene rings is 2. The number of nitrogens with one attached hydrogen (secondary N) is 2. The van der Waals surface area contributed by atoms with Crippen LogP contribution in [0.1, 0.15) is 5.56 Å². The summed E-state index contributed by atoms with van der Waals surface area (Å²) in [5.41, 5.74) is 3.13. The van der Waals surface area contributed by atoms with Crippen molar-refractivity contribution >= 4 is 22.6 Å². The van der Waals surface area contributed by atoms with Gasteiger partial charge < -0.3 is 24.7 Å². The summed E-state index contributed by atoms with van der Waals surface area (Å²) in [5.74, 6) is 0.802. The zero-order chi connectivity index (χ0) is 21.5. The molecule has 0 saturated carbocycles. The first kappa shape index (κ1) is 21.2. The monoisotopic (exact) mass is 422 g/mol. The van der Waals surface area contributed by atoms with Crippen molar-refractivity contribution in [1.82, 2.24) is 14.8 Å². The molecule has 2 heterocycles. The minimum absolute atomic E-state index is 0.237. The Labute approximate surface area is 182 Å². The van der Waals surface area contributed by atoms with Crippen molar-refractivity contribution in [2.75, 3.05) is 51.3 Å². The van der Waals surface area contributed by atoms with Crippen molar-refractivity contribution in [3.63, 3.8) is 0 Å². The maximum Gasteiger partial charge on any atom is 0.319 e. The van der Waals surface area contributed by atoms with Crippen molar-refractivity contribution in [3.05, 3.63) is 60.3 Å². The minimum Gasteiger partial charge on any atom is -0.492 e.